The topological polar surface area (TPSA) is 102 Å². The second-order valence-corrected chi connectivity index (χ2v) is 8.50. The third-order valence-corrected chi connectivity index (χ3v) is 5.62. The van der Waals surface area contributed by atoms with Gasteiger partial charge in [-0.05, 0) is 61.4 Å². The molecule has 156 valence electrons. The number of benzene rings is 2. The molecule has 0 radical (unpaired) electrons. The van der Waals surface area contributed by atoms with Crippen molar-refractivity contribution in [1.29, 1.82) is 0 Å². The first-order chi connectivity index (χ1) is 13.6. The molecule has 0 fully saturated rings. The molecule has 1 amide bonds. The van der Waals surface area contributed by atoms with E-state index in [0.29, 0.717) is 0 Å². The summed E-state index contributed by atoms with van der Waals surface area (Å²) < 4.78 is 44.8. The Hall–Kier alpha value is -2.94. The summed E-state index contributed by atoms with van der Waals surface area (Å²) in [6.45, 7) is 5.37. The van der Waals surface area contributed by atoms with Gasteiger partial charge in [0.1, 0.15) is 5.82 Å². The van der Waals surface area contributed by atoms with Gasteiger partial charge in [0, 0.05) is 11.7 Å². The summed E-state index contributed by atoms with van der Waals surface area (Å²) in [5.41, 5.74) is 0.383. The average molecular weight is 422 g/mol. The Bertz CT molecular complexity index is 957. The van der Waals surface area contributed by atoms with Crippen molar-refractivity contribution in [2.24, 2.45) is 5.92 Å². The fraction of sp³-hybridized carbons (Fsp3) is 0.300. The van der Waals surface area contributed by atoms with E-state index in [1.165, 1.54) is 24.3 Å². The highest BCUT2D eigenvalue weighted by atomic mass is 32.2. The van der Waals surface area contributed by atoms with Crippen LogP contribution >= 0.6 is 0 Å². The fourth-order valence-electron chi connectivity index (χ4n) is 2.18. The van der Waals surface area contributed by atoms with Crippen LogP contribution in [0.25, 0.3) is 0 Å². The van der Waals surface area contributed by atoms with Crippen molar-refractivity contribution in [3.05, 3.63) is 59.9 Å². The van der Waals surface area contributed by atoms with E-state index in [2.05, 4.69) is 10.0 Å². The van der Waals surface area contributed by atoms with Gasteiger partial charge < -0.3 is 10.1 Å². The molecule has 1 atom stereocenters. The zero-order valence-electron chi connectivity index (χ0n) is 16.3. The number of ether oxygens (including phenoxy) is 1. The van der Waals surface area contributed by atoms with Crippen LogP contribution in [0.1, 0.15) is 31.1 Å². The van der Waals surface area contributed by atoms with Crippen molar-refractivity contribution in [3.8, 4) is 0 Å². The highest BCUT2D eigenvalue weighted by Gasteiger charge is 2.16. The molecule has 0 aliphatic carbocycles. The summed E-state index contributed by atoms with van der Waals surface area (Å²) in [5.74, 6) is -1.39. The molecule has 0 unspecified atom stereocenters. The quantitative estimate of drug-likeness (QED) is 0.637. The number of anilines is 1. The molecule has 0 saturated carbocycles. The normalized spacial score (nSPS) is 12.3. The van der Waals surface area contributed by atoms with Gasteiger partial charge in [0.25, 0.3) is 15.9 Å². The van der Waals surface area contributed by atoms with E-state index in [9.17, 15) is 22.4 Å². The maximum atomic E-state index is 12.9. The molecule has 2 aromatic carbocycles. The van der Waals surface area contributed by atoms with Crippen molar-refractivity contribution in [1.82, 2.24) is 5.32 Å². The zero-order valence-corrected chi connectivity index (χ0v) is 17.1. The largest absolute Gasteiger partial charge is 0.452 e. The lowest BCUT2D eigenvalue weighted by molar-refractivity contribution is -0.125. The highest BCUT2D eigenvalue weighted by molar-refractivity contribution is 7.92. The standard InChI is InChI=1S/C20H23FN2O5S/c1-13(2)14(3)22-19(24)12-28-20(25)15-4-8-17(9-5-15)23-29(26,27)18-10-6-16(21)7-11-18/h4-11,13-14,23H,12H2,1-3H3,(H,22,24)/t14-/m1/s1. The molecule has 0 heterocycles. The van der Waals surface area contributed by atoms with Crippen molar-refractivity contribution < 1.29 is 27.1 Å². The van der Waals surface area contributed by atoms with Gasteiger partial charge >= 0.3 is 5.97 Å². The molecule has 0 aliphatic heterocycles. The lowest BCUT2D eigenvalue weighted by Crippen LogP contribution is -2.38. The molecule has 0 aromatic heterocycles. The molecule has 0 saturated heterocycles. The fourth-order valence-corrected chi connectivity index (χ4v) is 3.24. The van der Waals surface area contributed by atoms with Crippen molar-refractivity contribution in [2.75, 3.05) is 11.3 Å². The maximum absolute atomic E-state index is 12.9. The van der Waals surface area contributed by atoms with Crippen LogP contribution in [0.5, 0.6) is 0 Å². The van der Waals surface area contributed by atoms with Gasteiger partial charge in [-0.2, -0.15) is 0 Å². The first-order valence-corrected chi connectivity index (χ1v) is 10.4. The number of halogens is 1. The predicted octanol–water partition coefficient (Wildman–Crippen LogP) is 2.94. The molecular formula is C20H23FN2O5S. The average Bonchev–Trinajstić information content (AvgIpc) is 2.66. The van der Waals surface area contributed by atoms with Crippen LogP contribution in [-0.4, -0.2) is 32.9 Å². The second kappa shape index (κ2) is 9.51. The van der Waals surface area contributed by atoms with Crippen molar-refractivity contribution in [2.45, 2.75) is 31.7 Å². The summed E-state index contributed by atoms with van der Waals surface area (Å²) in [4.78, 5) is 23.7. The summed E-state index contributed by atoms with van der Waals surface area (Å²) in [5, 5.41) is 2.72. The van der Waals surface area contributed by atoms with E-state index in [1.807, 2.05) is 20.8 Å². The van der Waals surface area contributed by atoms with Crippen molar-refractivity contribution in [3.63, 3.8) is 0 Å². The van der Waals surface area contributed by atoms with Crippen molar-refractivity contribution >= 4 is 27.6 Å². The minimum absolute atomic E-state index is 0.0467. The van der Waals surface area contributed by atoms with E-state index >= 15 is 0 Å². The number of nitrogens with one attached hydrogen (secondary N) is 2. The van der Waals surface area contributed by atoms with E-state index in [1.54, 1.807) is 0 Å². The molecule has 2 aromatic rings. The number of sulfonamides is 1. The summed E-state index contributed by atoms with van der Waals surface area (Å²) in [6.07, 6.45) is 0. The van der Waals surface area contributed by atoms with Crippen LogP contribution in [-0.2, 0) is 19.6 Å². The highest BCUT2D eigenvalue weighted by Crippen LogP contribution is 2.17. The zero-order chi connectivity index (χ0) is 21.6. The Morgan fingerprint density at radius 1 is 1.00 bits per heavy atom. The third kappa shape index (κ3) is 6.56. The third-order valence-electron chi connectivity index (χ3n) is 4.22. The van der Waals surface area contributed by atoms with Crippen LogP contribution in [0.3, 0.4) is 0 Å². The molecule has 2 rings (SSSR count). The maximum Gasteiger partial charge on any atom is 0.338 e. The number of carbonyl (C=O) groups excluding carboxylic acids is 2. The Morgan fingerprint density at radius 3 is 2.14 bits per heavy atom. The number of hydrogen-bond donors (Lipinski definition) is 2. The van der Waals surface area contributed by atoms with Gasteiger partial charge in [-0.1, -0.05) is 13.8 Å². The van der Waals surface area contributed by atoms with E-state index in [4.69, 9.17) is 4.74 Å². The Kier molecular flexibility index (Phi) is 7.33. The Morgan fingerprint density at radius 2 is 1.59 bits per heavy atom. The molecule has 9 heteroatoms. The van der Waals surface area contributed by atoms with Gasteiger partial charge in [-0.25, -0.2) is 17.6 Å². The molecule has 2 N–H and O–H groups in total. The van der Waals surface area contributed by atoms with E-state index in [0.717, 1.165) is 24.3 Å². The second-order valence-electron chi connectivity index (χ2n) is 6.81. The lowest BCUT2D eigenvalue weighted by atomic mass is 10.1. The number of hydrogen-bond acceptors (Lipinski definition) is 5. The number of amides is 1. The van der Waals surface area contributed by atoms with E-state index < -0.39 is 34.3 Å². The number of carbonyl (C=O) groups is 2. The predicted molar refractivity (Wildman–Crippen MR) is 106 cm³/mol. The Balaban J connectivity index is 1.94. The van der Waals surface area contributed by atoms with Gasteiger partial charge in [0.05, 0.1) is 10.5 Å². The Labute approximate surface area is 169 Å². The van der Waals surface area contributed by atoms with Crippen LogP contribution in [0, 0.1) is 11.7 Å². The number of esters is 1. The van der Waals surface area contributed by atoms with Crippen LogP contribution in [0.2, 0.25) is 0 Å². The minimum atomic E-state index is -3.89. The molecule has 7 nitrogen and oxygen atoms in total. The summed E-state index contributed by atoms with van der Waals surface area (Å²) in [7, 11) is -3.89. The van der Waals surface area contributed by atoms with E-state index in [-0.39, 0.29) is 28.1 Å². The minimum Gasteiger partial charge on any atom is -0.452 e. The molecular weight excluding hydrogens is 399 g/mol. The van der Waals surface area contributed by atoms with Crippen LogP contribution in [0.15, 0.2) is 53.4 Å². The van der Waals surface area contributed by atoms with Gasteiger partial charge in [-0.3, -0.25) is 9.52 Å². The summed E-state index contributed by atoms with van der Waals surface area (Å²) in [6, 6.07) is 9.87. The SMILES string of the molecule is CC(C)[C@@H](C)NC(=O)COC(=O)c1ccc(NS(=O)(=O)c2ccc(F)cc2)cc1. The number of rotatable bonds is 8. The monoisotopic (exact) mass is 422 g/mol. The van der Waals surface area contributed by atoms with Gasteiger partial charge in [-0.15, -0.1) is 0 Å². The smallest absolute Gasteiger partial charge is 0.338 e. The molecule has 0 bridgehead atoms. The van der Waals surface area contributed by atoms with Gasteiger partial charge in [0.15, 0.2) is 6.61 Å². The molecule has 0 spiro atoms. The van der Waals surface area contributed by atoms with Crippen LogP contribution in [0.4, 0.5) is 10.1 Å². The first kappa shape index (κ1) is 22.4. The summed E-state index contributed by atoms with van der Waals surface area (Å²) >= 11 is 0. The molecule has 29 heavy (non-hydrogen) atoms. The van der Waals surface area contributed by atoms with Crippen LogP contribution < -0.4 is 10.0 Å². The first-order valence-electron chi connectivity index (χ1n) is 8.93. The molecule has 0 aliphatic rings. The van der Waals surface area contributed by atoms with Gasteiger partial charge in [0.2, 0.25) is 0 Å². The lowest BCUT2D eigenvalue weighted by Gasteiger charge is -2.17.